The van der Waals surface area contributed by atoms with Gasteiger partial charge >= 0.3 is 0 Å². The number of Topliss-reactive ketones (excluding diaryl/α,β-unsaturated/α-hetero) is 1. The third kappa shape index (κ3) is 3.04. The summed E-state index contributed by atoms with van der Waals surface area (Å²) in [4.78, 5) is 12.1. The van der Waals surface area contributed by atoms with E-state index in [-0.39, 0.29) is 0 Å². The van der Waals surface area contributed by atoms with Gasteiger partial charge in [0.1, 0.15) is 5.78 Å². The molecule has 3 fully saturated rings. The van der Waals surface area contributed by atoms with Crippen LogP contribution in [0.4, 0.5) is 0 Å². The van der Waals surface area contributed by atoms with E-state index in [9.17, 15) is 4.79 Å². The molecule has 4 unspecified atom stereocenters. The number of hydrogen-bond donors (Lipinski definition) is 0. The minimum atomic E-state index is 0.320. The molecule has 3 saturated carbocycles. The van der Waals surface area contributed by atoms with Gasteiger partial charge in [-0.25, -0.2) is 0 Å². The second-order valence-electron chi connectivity index (χ2n) is 10.6. The lowest BCUT2D eigenvalue weighted by Crippen LogP contribution is -2.45. The highest BCUT2D eigenvalue weighted by atomic mass is 16.1. The minimum absolute atomic E-state index is 0.320. The van der Waals surface area contributed by atoms with Crippen molar-refractivity contribution in [3.05, 3.63) is 11.1 Å². The molecule has 0 aromatic heterocycles. The van der Waals surface area contributed by atoms with E-state index < -0.39 is 0 Å². The summed E-state index contributed by atoms with van der Waals surface area (Å²) in [5.41, 5.74) is 4.76. The van der Waals surface area contributed by atoms with Crippen molar-refractivity contribution in [2.75, 3.05) is 0 Å². The van der Waals surface area contributed by atoms with Crippen molar-refractivity contribution in [1.82, 2.24) is 0 Å². The fraction of sp³-hybridized carbons (Fsp3) is 0.875. The second kappa shape index (κ2) is 6.54. The van der Waals surface area contributed by atoms with Gasteiger partial charge in [0, 0.05) is 12.8 Å². The number of carbonyl (C=O) groups is 1. The highest BCUT2D eigenvalue weighted by molar-refractivity contribution is 5.80. The van der Waals surface area contributed by atoms with Crippen molar-refractivity contribution in [3.8, 4) is 0 Å². The summed E-state index contributed by atoms with van der Waals surface area (Å²) in [6.45, 7) is 7.18. The molecule has 0 bridgehead atoms. The first-order valence-electron chi connectivity index (χ1n) is 11.2. The van der Waals surface area contributed by atoms with E-state index in [1.54, 1.807) is 0 Å². The highest BCUT2D eigenvalue weighted by Gasteiger charge is 2.52. The van der Waals surface area contributed by atoms with E-state index in [4.69, 9.17) is 0 Å². The van der Waals surface area contributed by atoms with E-state index in [2.05, 4.69) is 20.8 Å². The van der Waals surface area contributed by atoms with E-state index in [0.717, 1.165) is 30.6 Å². The number of allylic oxidation sites excluding steroid dienone is 2. The Morgan fingerprint density at radius 2 is 1.92 bits per heavy atom. The van der Waals surface area contributed by atoms with Crippen LogP contribution in [0.1, 0.15) is 104 Å². The van der Waals surface area contributed by atoms with Crippen LogP contribution in [0.25, 0.3) is 0 Å². The molecule has 0 amide bonds. The van der Waals surface area contributed by atoms with Gasteiger partial charge in [0.25, 0.3) is 0 Å². The lowest BCUT2D eigenvalue weighted by molar-refractivity contribution is -0.127. The Bertz CT molecular complexity index is 571. The van der Waals surface area contributed by atoms with Gasteiger partial charge in [0.2, 0.25) is 0 Å². The molecule has 4 aliphatic rings. The molecule has 25 heavy (non-hydrogen) atoms. The molecule has 1 heteroatoms. The zero-order valence-corrected chi connectivity index (χ0v) is 16.8. The smallest absolute Gasteiger partial charge is 0.133 e. The van der Waals surface area contributed by atoms with Gasteiger partial charge in [-0.2, -0.15) is 0 Å². The fourth-order valence-corrected chi connectivity index (χ4v) is 7.37. The molecule has 0 spiro atoms. The first-order valence-corrected chi connectivity index (χ1v) is 11.2. The van der Waals surface area contributed by atoms with Gasteiger partial charge in [-0.15, -0.1) is 0 Å². The van der Waals surface area contributed by atoms with Crippen LogP contribution < -0.4 is 0 Å². The van der Waals surface area contributed by atoms with Gasteiger partial charge in [0.15, 0.2) is 0 Å². The predicted molar refractivity (Wildman–Crippen MR) is 104 cm³/mol. The molecule has 0 heterocycles. The summed E-state index contributed by atoms with van der Waals surface area (Å²) < 4.78 is 0. The molecular formula is C24H38O. The Hall–Kier alpha value is -0.590. The summed E-state index contributed by atoms with van der Waals surface area (Å²) in [5, 5.41) is 0. The molecule has 0 aromatic carbocycles. The molecule has 0 radical (unpaired) electrons. The number of ketones is 1. The molecule has 0 N–H and O–H groups in total. The molecule has 140 valence electrons. The van der Waals surface area contributed by atoms with Crippen LogP contribution in [0, 0.1) is 28.6 Å². The summed E-state index contributed by atoms with van der Waals surface area (Å²) in [5.74, 6) is 3.02. The Morgan fingerprint density at radius 1 is 1.08 bits per heavy atom. The number of carbonyl (C=O) groups excluding carboxylic acids is 1. The molecule has 4 atom stereocenters. The topological polar surface area (TPSA) is 17.1 Å². The maximum Gasteiger partial charge on any atom is 0.133 e. The lowest BCUT2D eigenvalue weighted by Gasteiger charge is -2.54. The molecular weight excluding hydrogens is 304 g/mol. The molecule has 4 aliphatic carbocycles. The van der Waals surface area contributed by atoms with Gasteiger partial charge in [-0.05, 0) is 86.4 Å². The van der Waals surface area contributed by atoms with Crippen LogP contribution in [0.5, 0.6) is 0 Å². The van der Waals surface area contributed by atoms with Crippen LogP contribution in [0.15, 0.2) is 11.1 Å². The number of rotatable bonds is 4. The number of fused-ring (bicyclic) bond motifs is 4. The second-order valence-corrected chi connectivity index (χ2v) is 10.6. The quantitative estimate of drug-likeness (QED) is 0.510. The zero-order chi connectivity index (χ0) is 17.7. The average molecular weight is 343 g/mol. The van der Waals surface area contributed by atoms with Crippen LogP contribution in [0.3, 0.4) is 0 Å². The first-order chi connectivity index (χ1) is 11.9. The molecule has 0 saturated heterocycles. The largest absolute Gasteiger partial charge is 0.300 e. The number of hydrogen-bond acceptors (Lipinski definition) is 1. The summed E-state index contributed by atoms with van der Waals surface area (Å²) in [7, 11) is 0. The Balaban J connectivity index is 1.58. The van der Waals surface area contributed by atoms with Crippen molar-refractivity contribution < 1.29 is 4.79 Å². The van der Waals surface area contributed by atoms with Crippen molar-refractivity contribution in [1.29, 1.82) is 0 Å². The SMILES string of the molecule is CC(C)CCCC12CCCC1=C1CCC3(C)CC(=O)CCC3C1CC2. The molecule has 0 aliphatic heterocycles. The molecule has 0 aromatic rings. The van der Waals surface area contributed by atoms with E-state index >= 15 is 0 Å². The normalized spacial score (nSPS) is 40.9. The van der Waals surface area contributed by atoms with Gasteiger partial charge < -0.3 is 0 Å². The first kappa shape index (κ1) is 17.8. The fourth-order valence-electron chi connectivity index (χ4n) is 7.37. The van der Waals surface area contributed by atoms with Gasteiger partial charge in [0.05, 0.1) is 0 Å². The van der Waals surface area contributed by atoms with Crippen molar-refractivity contribution in [3.63, 3.8) is 0 Å². The average Bonchev–Trinajstić information content (AvgIpc) is 2.97. The van der Waals surface area contributed by atoms with Crippen molar-refractivity contribution in [2.45, 2.75) is 104 Å². The maximum absolute atomic E-state index is 12.1. The molecule has 4 rings (SSSR count). The van der Waals surface area contributed by atoms with Gasteiger partial charge in [-0.3, -0.25) is 4.79 Å². The lowest BCUT2D eigenvalue weighted by atomic mass is 9.50. The molecule has 1 nitrogen and oxygen atoms in total. The Kier molecular flexibility index (Phi) is 4.66. The maximum atomic E-state index is 12.1. The summed E-state index contributed by atoms with van der Waals surface area (Å²) >= 11 is 0. The van der Waals surface area contributed by atoms with Crippen LogP contribution >= 0.6 is 0 Å². The minimum Gasteiger partial charge on any atom is -0.300 e. The predicted octanol–water partition coefficient (Wildman–Crippen LogP) is 6.86. The standard InChI is InChI=1S/C24H38O/c1-17(2)6-4-12-24-13-5-7-22(24)20-10-14-23(3)16-18(25)8-9-21(23)19(20)11-15-24/h17,19,21H,4-16H2,1-3H3. The van der Waals surface area contributed by atoms with Crippen LogP contribution in [-0.2, 0) is 4.79 Å². The van der Waals surface area contributed by atoms with Crippen LogP contribution in [0.2, 0.25) is 0 Å². The van der Waals surface area contributed by atoms with Gasteiger partial charge in [-0.1, -0.05) is 44.8 Å². The van der Waals surface area contributed by atoms with E-state index in [1.165, 1.54) is 70.6 Å². The third-order valence-corrected chi connectivity index (χ3v) is 8.61. The van der Waals surface area contributed by atoms with Crippen LogP contribution in [-0.4, -0.2) is 5.78 Å². The zero-order valence-electron chi connectivity index (χ0n) is 16.8. The highest BCUT2D eigenvalue weighted by Crippen LogP contribution is 2.63. The summed E-state index contributed by atoms with van der Waals surface area (Å²) in [6, 6.07) is 0. The van der Waals surface area contributed by atoms with E-state index in [1.807, 2.05) is 11.1 Å². The Morgan fingerprint density at radius 3 is 2.72 bits per heavy atom. The summed E-state index contributed by atoms with van der Waals surface area (Å²) in [6.07, 6.45) is 17.0. The third-order valence-electron chi connectivity index (χ3n) is 8.61. The van der Waals surface area contributed by atoms with Crippen molar-refractivity contribution in [2.24, 2.45) is 28.6 Å². The van der Waals surface area contributed by atoms with Crippen molar-refractivity contribution >= 4 is 5.78 Å². The monoisotopic (exact) mass is 342 g/mol. The Labute approximate surface area is 155 Å². The van der Waals surface area contributed by atoms with E-state index in [0.29, 0.717) is 16.6 Å².